The molecule has 8 rings (SSSR count). The van der Waals surface area contributed by atoms with Gasteiger partial charge in [-0.05, 0) is 62.6 Å². The summed E-state index contributed by atoms with van der Waals surface area (Å²) in [5.74, 6) is 0.689. The number of ketones is 1. The molecule has 6 aromatic rings. The molecule has 0 radical (unpaired) electrons. The summed E-state index contributed by atoms with van der Waals surface area (Å²) in [5, 5.41) is 4.74. The predicted molar refractivity (Wildman–Crippen MR) is 213 cm³/mol. The van der Waals surface area contributed by atoms with E-state index in [1.807, 2.05) is 50.0 Å². The molecular formula is C39H42ClN9O6S. The molecule has 1 atom stereocenters. The van der Waals surface area contributed by atoms with Crippen molar-refractivity contribution in [2.24, 2.45) is 7.05 Å². The Kier molecular flexibility index (Phi) is 11.4. The van der Waals surface area contributed by atoms with E-state index in [4.69, 9.17) is 31.5 Å². The van der Waals surface area contributed by atoms with Gasteiger partial charge in [-0.25, -0.2) is 4.98 Å². The Labute approximate surface area is 329 Å². The second-order valence-electron chi connectivity index (χ2n) is 13.6. The molecule has 1 aliphatic carbocycles. The fourth-order valence-corrected chi connectivity index (χ4v) is 7.98. The summed E-state index contributed by atoms with van der Waals surface area (Å²) in [4.78, 5) is 26.9. The van der Waals surface area contributed by atoms with Crippen LogP contribution in [0.2, 0.25) is 5.02 Å². The molecule has 2 aliphatic rings. The largest absolute Gasteiger partial charge is 0.496 e. The number of hydrogen-bond donors (Lipinski definition) is 3. The zero-order valence-electron chi connectivity index (χ0n) is 31.4. The first kappa shape index (κ1) is 38.9. The van der Waals surface area contributed by atoms with Gasteiger partial charge in [0.1, 0.15) is 11.3 Å². The smallest absolute Gasteiger partial charge is 0.299 e. The third-order valence-corrected chi connectivity index (χ3v) is 11.0. The Morgan fingerprint density at radius 1 is 1.02 bits per heavy atom. The Balaban J connectivity index is 0.000000189. The molecule has 56 heavy (non-hydrogen) atoms. The van der Waals surface area contributed by atoms with Gasteiger partial charge in [-0.1, -0.05) is 17.7 Å². The number of carbonyl (C=O) groups excluding carboxylic acids is 1. The molecule has 0 spiro atoms. The van der Waals surface area contributed by atoms with Crippen LogP contribution in [0.3, 0.4) is 0 Å². The molecule has 292 valence electrons. The summed E-state index contributed by atoms with van der Waals surface area (Å²) >= 11 is 6.19. The van der Waals surface area contributed by atoms with Gasteiger partial charge in [0.25, 0.3) is 10.2 Å². The molecule has 4 aromatic heterocycles. The molecule has 0 saturated carbocycles. The number of hydrogen-bond acceptors (Lipinski definition) is 11. The molecular weight excluding hydrogens is 758 g/mol. The Morgan fingerprint density at radius 2 is 1.86 bits per heavy atom. The number of pyridine rings is 2. The van der Waals surface area contributed by atoms with Crippen molar-refractivity contribution in [1.82, 2.24) is 34.0 Å². The Morgan fingerprint density at radius 3 is 2.61 bits per heavy atom. The lowest BCUT2D eigenvalue weighted by molar-refractivity contribution is -0.0846. The van der Waals surface area contributed by atoms with E-state index in [9.17, 15) is 13.2 Å². The van der Waals surface area contributed by atoms with Crippen molar-refractivity contribution in [3.8, 4) is 16.9 Å². The highest BCUT2D eigenvalue weighted by Crippen LogP contribution is 2.30. The van der Waals surface area contributed by atoms with E-state index in [1.54, 1.807) is 54.8 Å². The quantitative estimate of drug-likeness (QED) is 0.170. The number of halogens is 1. The molecule has 1 aliphatic heterocycles. The summed E-state index contributed by atoms with van der Waals surface area (Å²) in [6, 6.07) is 10.5. The number of fused-ring (bicyclic) bond motifs is 3. The van der Waals surface area contributed by atoms with E-state index >= 15 is 0 Å². The predicted octanol–water partition coefficient (Wildman–Crippen LogP) is 4.81. The minimum atomic E-state index is -3.86. The highest BCUT2D eigenvalue weighted by Gasteiger charge is 2.25. The van der Waals surface area contributed by atoms with E-state index < -0.39 is 10.2 Å². The summed E-state index contributed by atoms with van der Waals surface area (Å²) in [5.41, 5.74) is 15.7. The van der Waals surface area contributed by atoms with Crippen LogP contribution in [0.1, 0.15) is 44.0 Å². The van der Waals surface area contributed by atoms with Crippen LogP contribution >= 0.6 is 11.6 Å². The Hall–Kier alpha value is -5.39. The van der Waals surface area contributed by atoms with Gasteiger partial charge in [-0.3, -0.25) is 24.2 Å². The van der Waals surface area contributed by atoms with Crippen LogP contribution in [-0.4, -0.2) is 83.1 Å². The number of nitrogens with one attached hydrogen (secondary N) is 2. The van der Waals surface area contributed by atoms with Crippen LogP contribution in [0.4, 0.5) is 11.4 Å². The van der Waals surface area contributed by atoms with Crippen LogP contribution in [0.5, 0.6) is 5.75 Å². The first-order valence-corrected chi connectivity index (χ1v) is 19.8. The zero-order valence-corrected chi connectivity index (χ0v) is 32.9. The normalized spacial score (nSPS) is 15.4. The lowest BCUT2D eigenvalue weighted by Crippen LogP contribution is -2.41. The number of anilines is 2. The molecule has 4 N–H and O–H groups in total. The number of benzene rings is 2. The van der Waals surface area contributed by atoms with Crippen molar-refractivity contribution in [2.75, 3.05) is 43.9 Å². The number of ether oxygens (including phenoxy) is 3. The fraction of sp³-hybridized carbons (Fsp3) is 0.308. The fourth-order valence-electron chi connectivity index (χ4n) is 6.79. The second-order valence-corrected chi connectivity index (χ2v) is 15.5. The highest BCUT2D eigenvalue weighted by molar-refractivity contribution is 7.90. The van der Waals surface area contributed by atoms with Gasteiger partial charge in [0, 0.05) is 71.3 Å². The lowest BCUT2D eigenvalue weighted by atomic mass is 9.98. The lowest BCUT2D eigenvalue weighted by Gasteiger charge is -2.23. The van der Waals surface area contributed by atoms with Crippen molar-refractivity contribution >= 4 is 50.0 Å². The van der Waals surface area contributed by atoms with E-state index in [2.05, 4.69) is 29.5 Å². The monoisotopic (exact) mass is 799 g/mol. The molecule has 1 fully saturated rings. The van der Waals surface area contributed by atoms with Crippen molar-refractivity contribution in [3.63, 3.8) is 0 Å². The number of carbonyl (C=O) groups is 1. The van der Waals surface area contributed by atoms with Crippen LogP contribution in [0.15, 0.2) is 67.5 Å². The molecule has 15 nitrogen and oxygen atoms in total. The van der Waals surface area contributed by atoms with Crippen LogP contribution < -0.4 is 19.9 Å². The van der Waals surface area contributed by atoms with E-state index in [0.717, 1.165) is 56.0 Å². The molecule has 1 saturated heterocycles. The molecule has 5 heterocycles. The topological polar surface area (TPSA) is 190 Å². The number of aryl methyl sites for hydroxylation is 4. The Bertz CT molecular complexity index is 2530. The molecule has 2 aromatic carbocycles. The van der Waals surface area contributed by atoms with Crippen LogP contribution in [0, 0.1) is 13.8 Å². The maximum absolute atomic E-state index is 13.5. The van der Waals surface area contributed by atoms with Crippen molar-refractivity contribution in [1.29, 1.82) is 0 Å². The minimum absolute atomic E-state index is 0.0926. The van der Waals surface area contributed by atoms with Crippen LogP contribution in [-0.2, 0) is 46.1 Å². The van der Waals surface area contributed by atoms with Gasteiger partial charge in [0.05, 0.1) is 79.7 Å². The second kappa shape index (κ2) is 16.4. The average molecular weight is 800 g/mol. The standard InChI is InChI=1S/C23H25N5O5S.C16H17ClN4O/c1-28-13-17(11-25-28)16-8-21-22(24-10-16)5-3-15-2-4-18(9-20(15)23(21)29)27-34(30,31)26-12-19-14-32-6-7-33-19;1-9-6-19-13(10(2)16(9)22-3)7-21-8-20-15-12(17)4-11(18)5-14(15)21/h2,4,8-11,13,19,26-27H,3,5-7,12,14H2,1H3;4-6,8H,7,18H2,1-3H3/t19-;/m1./s1. The number of aromatic nitrogens is 6. The van der Waals surface area contributed by atoms with Crippen molar-refractivity contribution < 1.29 is 27.4 Å². The summed E-state index contributed by atoms with van der Waals surface area (Å²) in [6.07, 6.45) is 9.84. The van der Waals surface area contributed by atoms with Crippen LogP contribution in [0.25, 0.3) is 22.2 Å². The van der Waals surface area contributed by atoms with Gasteiger partial charge in [0.15, 0.2) is 5.78 Å². The zero-order chi connectivity index (χ0) is 39.6. The van der Waals surface area contributed by atoms with Gasteiger partial charge in [-0.2, -0.15) is 18.2 Å². The van der Waals surface area contributed by atoms with Gasteiger partial charge in [0.2, 0.25) is 0 Å². The maximum atomic E-state index is 13.5. The van der Waals surface area contributed by atoms with E-state index in [0.29, 0.717) is 66.7 Å². The summed E-state index contributed by atoms with van der Waals surface area (Å²) in [6.45, 7) is 5.95. The molecule has 0 bridgehead atoms. The van der Waals surface area contributed by atoms with Crippen molar-refractivity contribution in [3.05, 3.63) is 112 Å². The van der Waals surface area contributed by atoms with Gasteiger partial charge >= 0.3 is 0 Å². The van der Waals surface area contributed by atoms with Crippen molar-refractivity contribution in [2.45, 2.75) is 39.3 Å². The minimum Gasteiger partial charge on any atom is -0.496 e. The van der Waals surface area contributed by atoms with E-state index in [1.165, 1.54) is 0 Å². The third kappa shape index (κ3) is 8.54. The summed E-state index contributed by atoms with van der Waals surface area (Å²) < 4.78 is 49.9. The molecule has 0 amide bonds. The first-order valence-electron chi connectivity index (χ1n) is 17.9. The highest BCUT2D eigenvalue weighted by atomic mass is 35.5. The molecule has 17 heteroatoms. The van der Waals surface area contributed by atoms with E-state index in [-0.39, 0.29) is 18.4 Å². The van der Waals surface area contributed by atoms with Gasteiger partial charge < -0.3 is 24.5 Å². The maximum Gasteiger partial charge on any atom is 0.299 e. The molecule has 0 unspecified atom stereocenters. The number of methoxy groups -OCH3 is 1. The number of nitrogen functional groups attached to an aromatic ring is 1. The number of nitrogens with two attached hydrogens (primary N) is 1. The number of rotatable bonds is 9. The van der Waals surface area contributed by atoms with Gasteiger partial charge in [-0.15, -0.1) is 0 Å². The first-order chi connectivity index (χ1) is 26.9. The average Bonchev–Trinajstić information content (AvgIpc) is 3.77. The number of nitrogens with zero attached hydrogens (tertiary/aromatic N) is 6. The summed E-state index contributed by atoms with van der Waals surface area (Å²) in [7, 11) is -0.355. The number of imidazole rings is 1. The SMILES string of the molecule is COc1c(C)cnc(Cn2cnc3c(Cl)cc(N)cc32)c1C.Cn1cc(-c2cnc3c(c2)C(=O)c2cc(NS(=O)(=O)NC[C@@H]4COCCO4)ccc2CC3)cn1. The third-order valence-electron chi connectivity index (χ3n) is 9.65.